The van der Waals surface area contributed by atoms with Gasteiger partial charge in [-0.05, 0) is 12.1 Å². The van der Waals surface area contributed by atoms with E-state index in [0.717, 1.165) is 7.11 Å². The monoisotopic (exact) mass is 320 g/mol. The number of aromatic nitrogens is 1. The van der Waals surface area contributed by atoms with Crippen LogP contribution in [-0.2, 0) is 19.1 Å². The number of carboxylic acid groups (broad SMARTS) is 1. The number of rotatable bonds is 6. The molecule has 0 unspecified atom stereocenters. The number of pyridine rings is 1. The highest BCUT2D eigenvalue weighted by Gasteiger charge is 2.48. The molecule has 1 N–H and O–H groups in total. The Bertz CT molecular complexity index is 625. The molecule has 1 atom stereocenters. The SMILES string of the molecule is C#C[C@@](CCC(=O)OC)(C(=O)OC)N(C(=O)O)c1ccccn1. The smallest absolute Gasteiger partial charge is 0.414 e. The lowest BCUT2D eigenvalue weighted by Crippen LogP contribution is -2.57. The van der Waals surface area contributed by atoms with E-state index < -0.39 is 23.6 Å². The van der Waals surface area contributed by atoms with E-state index >= 15 is 0 Å². The van der Waals surface area contributed by atoms with E-state index in [-0.39, 0.29) is 18.7 Å². The largest absolute Gasteiger partial charge is 0.469 e. The van der Waals surface area contributed by atoms with Crippen molar-refractivity contribution in [2.75, 3.05) is 19.1 Å². The number of esters is 2. The van der Waals surface area contributed by atoms with E-state index in [1.807, 2.05) is 0 Å². The second kappa shape index (κ2) is 7.79. The molecule has 0 saturated carbocycles. The molecular formula is C15H16N2O6. The number of hydrogen-bond donors (Lipinski definition) is 1. The summed E-state index contributed by atoms with van der Waals surface area (Å²) in [4.78, 5) is 39.8. The number of anilines is 1. The van der Waals surface area contributed by atoms with Gasteiger partial charge in [-0.2, -0.15) is 0 Å². The van der Waals surface area contributed by atoms with Crippen LogP contribution >= 0.6 is 0 Å². The van der Waals surface area contributed by atoms with Crippen LogP contribution in [0.15, 0.2) is 24.4 Å². The van der Waals surface area contributed by atoms with Crippen molar-refractivity contribution in [1.29, 1.82) is 0 Å². The highest BCUT2D eigenvalue weighted by molar-refractivity contribution is 6.00. The minimum absolute atomic E-state index is 0.0618. The molecular weight excluding hydrogens is 304 g/mol. The number of carbonyl (C=O) groups is 3. The fraction of sp³-hybridized carbons (Fsp3) is 0.333. The van der Waals surface area contributed by atoms with Crippen LogP contribution in [0.3, 0.4) is 0 Å². The first-order chi connectivity index (χ1) is 10.9. The molecule has 0 radical (unpaired) electrons. The molecule has 8 heteroatoms. The topological polar surface area (TPSA) is 106 Å². The van der Waals surface area contributed by atoms with Crippen LogP contribution in [0.25, 0.3) is 0 Å². The minimum atomic E-state index is -2.04. The normalized spacial score (nSPS) is 12.4. The molecule has 0 bridgehead atoms. The van der Waals surface area contributed by atoms with Crippen molar-refractivity contribution in [2.24, 2.45) is 0 Å². The molecule has 0 aliphatic carbocycles. The second-order valence-corrected chi connectivity index (χ2v) is 4.38. The Morgan fingerprint density at radius 1 is 1.35 bits per heavy atom. The first-order valence-electron chi connectivity index (χ1n) is 6.50. The van der Waals surface area contributed by atoms with E-state index in [4.69, 9.17) is 6.42 Å². The van der Waals surface area contributed by atoms with Crippen molar-refractivity contribution < 1.29 is 29.0 Å². The molecule has 0 aromatic carbocycles. The maximum atomic E-state index is 12.2. The molecule has 0 spiro atoms. The average Bonchev–Trinajstić information content (AvgIpc) is 2.57. The minimum Gasteiger partial charge on any atom is -0.469 e. The van der Waals surface area contributed by atoms with Crippen LogP contribution in [0.2, 0.25) is 0 Å². The van der Waals surface area contributed by atoms with E-state index in [1.165, 1.54) is 25.4 Å². The Labute approximate surface area is 133 Å². The number of methoxy groups -OCH3 is 2. The summed E-state index contributed by atoms with van der Waals surface area (Å²) in [6, 6.07) is 4.49. The first-order valence-corrected chi connectivity index (χ1v) is 6.50. The van der Waals surface area contributed by atoms with Crippen LogP contribution in [0.5, 0.6) is 0 Å². The van der Waals surface area contributed by atoms with Crippen molar-refractivity contribution in [3.63, 3.8) is 0 Å². The first kappa shape index (κ1) is 18.0. The molecule has 122 valence electrons. The summed E-state index contributed by atoms with van der Waals surface area (Å²) in [5.74, 6) is 0.459. The van der Waals surface area contributed by atoms with E-state index in [0.29, 0.717) is 4.90 Å². The van der Waals surface area contributed by atoms with Gasteiger partial charge in [0.2, 0.25) is 5.54 Å². The van der Waals surface area contributed by atoms with Gasteiger partial charge in [0, 0.05) is 19.0 Å². The fourth-order valence-electron chi connectivity index (χ4n) is 2.00. The van der Waals surface area contributed by atoms with E-state index in [1.54, 1.807) is 6.07 Å². The second-order valence-electron chi connectivity index (χ2n) is 4.38. The number of amides is 1. The molecule has 0 aliphatic rings. The van der Waals surface area contributed by atoms with Gasteiger partial charge in [0.25, 0.3) is 0 Å². The Morgan fingerprint density at radius 2 is 2.04 bits per heavy atom. The summed E-state index contributed by atoms with van der Waals surface area (Å²) in [5, 5.41) is 9.53. The van der Waals surface area contributed by atoms with Gasteiger partial charge in [0.1, 0.15) is 5.82 Å². The molecule has 1 rings (SSSR count). The third-order valence-corrected chi connectivity index (χ3v) is 3.13. The molecule has 1 amide bonds. The van der Waals surface area contributed by atoms with Crippen molar-refractivity contribution in [3.8, 4) is 12.3 Å². The van der Waals surface area contributed by atoms with Gasteiger partial charge in [-0.3, -0.25) is 4.79 Å². The molecule has 1 aromatic heterocycles. The zero-order chi connectivity index (χ0) is 17.5. The third-order valence-electron chi connectivity index (χ3n) is 3.13. The molecule has 8 nitrogen and oxygen atoms in total. The number of terminal acetylenes is 1. The third kappa shape index (κ3) is 3.77. The maximum absolute atomic E-state index is 12.2. The number of carbonyl (C=O) groups excluding carboxylic acids is 2. The van der Waals surface area contributed by atoms with Crippen molar-refractivity contribution in [2.45, 2.75) is 18.4 Å². The summed E-state index contributed by atoms with van der Waals surface area (Å²) in [6.45, 7) is 0. The molecule has 1 aromatic rings. The number of ether oxygens (including phenoxy) is 2. The van der Waals surface area contributed by atoms with Crippen molar-refractivity contribution in [3.05, 3.63) is 24.4 Å². The fourth-order valence-corrected chi connectivity index (χ4v) is 2.00. The lowest BCUT2D eigenvalue weighted by molar-refractivity contribution is -0.146. The summed E-state index contributed by atoms with van der Waals surface area (Å²) in [6.07, 6.45) is 4.72. The molecule has 0 saturated heterocycles. The van der Waals surface area contributed by atoms with Crippen molar-refractivity contribution in [1.82, 2.24) is 4.98 Å². The van der Waals surface area contributed by atoms with Gasteiger partial charge in [0.15, 0.2) is 0 Å². The quantitative estimate of drug-likeness (QED) is 0.617. The Balaban J connectivity index is 3.39. The van der Waals surface area contributed by atoms with Crippen LogP contribution in [0, 0.1) is 12.3 Å². The predicted molar refractivity (Wildman–Crippen MR) is 79.6 cm³/mol. The van der Waals surface area contributed by atoms with Crippen LogP contribution in [0.1, 0.15) is 12.8 Å². The number of nitrogens with zero attached hydrogens (tertiary/aromatic N) is 2. The van der Waals surface area contributed by atoms with E-state index in [2.05, 4.69) is 20.4 Å². The zero-order valence-corrected chi connectivity index (χ0v) is 12.7. The van der Waals surface area contributed by atoms with E-state index in [9.17, 15) is 19.5 Å². The molecule has 0 fully saturated rings. The highest BCUT2D eigenvalue weighted by atomic mass is 16.5. The lowest BCUT2D eigenvalue weighted by atomic mass is 9.92. The lowest BCUT2D eigenvalue weighted by Gasteiger charge is -2.34. The summed E-state index contributed by atoms with van der Waals surface area (Å²) in [5.41, 5.74) is -2.04. The zero-order valence-electron chi connectivity index (χ0n) is 12.7. The van der Waals surface area contributed by atoms with Crippen molar-refractivity contribution >= 4 is 23.8 Å². The Kier molecular flexibility index (Phi) is 6.09. The summed E-state index contributed by atoms with van der Waals surface area (Å²) in [7, 11) is 2.25. The Hall–Kier alpha value is -3.08. The molecule has 0 aliphatic heterocycles. The van der Waals surface area contributed by atoms with Gasteiger partial charge in [-0.1, -0.05) is 12.0 Å². The van der Waals surface area contributed by atoms with Gasteiger partial charge in [-0.15, -0.1) is 6.42 Å². The predicted octanol–water partition coefficient (Wildman–Crippen LogP) is 1.06. The van der Waals surface area contributed by atoms with Crippen LogP contribution in [-0.4, -0.2) is 47.9 Å². The molecule has 23 heavy (non-hydrogen) atoms. The van der Waals surface area contributed by atoms with Gasteiger partial charge in [0.05, 0.1) is 14.2 Å². The summed E-state index contributed by atoms with van der Waals surface area (Å²) >= 11 is 0. The van der Waals surface area contributed by atoms with Gasteiger partial charge >= 0.3 is 18.0 Å². The van der Waals surface area contributed by atoms with Gasteiger partial charge in [-0.25, -0.2) is 19.5 Å². The number of hydrogen-bond acceptors (Lipinski definition) is 6. The summed E-state index contributed by atoms with van der Waals surface area (Å²) < 4.78 is 9.17. The van der Waals surface area contributed by atoms with Gasteiger partial charge < -0.3 is 14.6 Å². The maximum Gasteiger partial charge on any atom is 0.414 e. The van der Waals surface area contributed by atoms with Crippen LogP contribution < -0.4 is 4.90 Å². The average molecular weight is 320 g/mol. The highest BCUT2D eigenvalue weighted by Crippen LogP contribution is 2.28. The standard InChI is InChI=1S/C15H16N2O6/c1-4-15(13(19)23-3,9-8-12(18)22-2)17(14(20)21)11-7-5-6-10-16-11/h1,5-7,10H,8-9H2,2-3H3,(H,20,21)/t15-/m1/s1. The Morgan fingerprint density at radius 3 is 2.48 bits per heavy atom. The molecule has 1 heterocycles. The van der Waals surface area contributed by atoms with Crippen LogP contribution in [0.4, 0.5) is 10.6 Å².